The molecule has 0 bridgehead atoms. The Morgan fingerprint density at radius 3 is 2.44 bits per heavy atom. The first-order chi connectivity index (χ1) is 17.1. The molecule has 3 aromatic rings. The van der Waals surface area contributed by atoms with Crippen LogP contribution in [0.15, 0.2) is 67.1 Å². The van der Waals surface area contributed by atoms with Gasteiger partial charge in [-0.1, -0.05) is 42.5 Å². The maximum atomic E-state index is 13.1. The number of carbonyl (C=O) groups excluding carboxylic acids is 3. The van der Waals surface area contributed by atoms with E-state index >= 15 is 0 Å². The number of imidazole rings is 1. The van der Waals surface area contributed by atoms with Crippen LogP contribution in [-0.4, -0.2) is 53.2 Å². The predicted molar refractivity (Wildman–Crippen MR) is 133 cm³/mol. The van der Waals surface area contributed by atoms with Gasteiger partial charge < -0.3 is 25.3 Å². The smallest absolute Gasteiger partial charge is 0.250 e. The summed E-state index contributed by atoms with van der Waals surface area (Å²) in [5.41, 5.74) is 0.397. The first kappa shape index (κ1) is 26.6. The zero-order valence-corrected chi connectivity index (χ0v) is 20.0. The maximum Gasteiger partial charge on any atom is 0.250 e. The summed E-state index contributed by atoms with van der Waals surface area (Å²) in [6.45, 7) is 3.45. The van der Waals surface area contributed by atoms with Crippen LogP contribution < -0.4 is 16.0 Å². The second kappa shape index (κ2) is 12.1. The van der Waals surface area contributed by atoms with Gasteiger partial charge in [0.2, 0.25) is 13.8 Å². The van der Waals surface area contributed by atoms with Crippen molar-refractivity contribution < 1.29 is 23.5 Å². The van der Waals surface area contributed by atoms with Crippen LogP contribution in [-0.2, 0) is 27.5 Å². The number of hydrogen-bond acceptors (Lipinski definition) is 5. The number of nitrogens with zero attached hydrogens (tertiary/aromatic N) is 2. The molecule has 0 aliphatic rings. The molecule has 0 aliphatic heterocycles. The van der Waals surface area contributed by atoms with Gasteiger partial charge >= 0.3 is 0 Å². The van der Waals surface area contributed by atoms with E-state index in [-0.39, 0.29) is 24.8 Å². The molecular formula is C25H27BFN5O4. The van der Waals surface area contributed by atoms with Crippen LogP contribution in [0.1, 0.15) is 25.0 Å². The zero-order chi connectivity index (χ0) is 26.1. The molecule has 0 saturated heterocycles. The molecule has 0 unspecified atom stereocenters. The van der Waals surface area contributed by atoms with E-state index in [1.807, 2.05) is 30.3 Å². The van der Waals surface area contributed by atoms with Gasteiger partial charge in [0.1, 0.15) is 17.4 Å². The average Bonchev–Trinajstić information content (AvgIpc) is 3.26. The fraction of sp³-hybridized carbons (Fsp3) is 0.280. The molecule has 0 aliphatic carbocycles. The second-order valence-corrected chi connectivity index (χ2v) is 8.69. The number of carbonyl (C=O) groups is 3. The maximum absolute atomic E-state index is 13.1. The molecule has 3 rings (SSSR count). The van der Waals surface area contributed by atoms with Crippen LogP contribution in [0.2, 0.25) is 0 Å². The number of halogens is 1. The SMILES string of the molecule is [B]C(=O)NC(C)(C)C(=O)N[C@H](COCc1ccccc1)C(=O)Nc1cn(Cc2ccc(F)cc2)cn1. The molecule has 1 aromatic heterocycles. The second-order valence-electron chi connectivity index (χ2n) is 8.69. The van der Waals surface area contributed by atoms with E-state index in [9.17, 15) is 18.8 Å². The predicted octanol–water partition coefficient (Wildman–Crippen LogP) is 2.37. The van der Waals surface area contributed by atoms with Crippen molar-refractivity contribution in [2.45, 2.75) is 38.6 Å². The zero-order valence-electron chi connectivity index (χ0n) is 20.0. The monoisotopic (exact) mass is 491 g/mol. The molecule has 9 nitrogen and oxygen atoms in total. The number of ether oxygens (including phenoxy) is 1. The minimum Gasteiger partial charge on any atom is -0.374 e. The van der Waals surface area contributed by atoms with Crippen molar-refractivity contribution in [3.8, 4) is 0 Å². The van der Waals surface area contributed by atoms with Gasteiger partial charge in [-0.3, -0.25) is 14.4 Å². The van der Waals surface area contributed by atoms with Gasteiger partial charge in [-0.15, -0.1) is 0 Å². The van der Waals surface area contributed by atoms with Crippen LogP contribution in [0.25, 0.3) is 0 Å². The van der Waals surface area contributed by atoms with Gasteiger partial charge in [-0.25, -0.2) is 9.37 Å². The molecule has 36 heavy (non-hydrogen) atoms. The van der Waals surface area contributed by atoms with E-state index in [0.29, 0.717) is 6.54 Å². The lowest BCUT2D eigenvalue weighted by atomic mass is 10.00. The molecule has 1 heterocycles. The highest BCUT2D eigenvalue weighted by Crippen LogP contribution is 2.10. The molecule has 2 aromatic carbocycles. The highest BCUT2D eigenvalue weighted by atomic mass is 19.1. The van der Waals surface area contributed by atoms with Crippen molar-refractivity contribution in [3.05, 3.63) is 84.1 Å². The Bertz CT molecular complexity index is 1180. The van der Waals surface area contributed by atoms with E-state index in [4.69, 9.17) is 12.6 Å². The Labute approximate surface area is 209 Å². The summed E-state index contributed by atoms with van der Waals surface area (Å²) in [4.78, 5) is 41.2. The summed E-state index contributed by atoms with van der Waals surface area (Å²) in [5, 5.41) is 7.61. The summed E-state index contributed by atoms with van der Waals surface area (Å²) in [6, 6.07) is 14.3. The summed E-state index contributed by atoms with van der Waals surface area (Å²) in [7, 11) is 5.16. The third-order valence-corrected chi connectivity index (χ3v) is 5.18. The van der Waals surface area contributed by atoms with Crippen molar-refractivity contribution in [1.82, 2.24) is 20.2 Å². The van der Waals surface area contributed by atoms with Crippen molar-refractivity contribution in [2.24, 2.45) is 0 Å². The van der Waals surface area contributed by atoms with Crippen molar-refractivity contribution in [2.75, 3.05) is 11.9 Å². The third-order valence-electron chi connectivity index (χ3n) is 5.18. The highest BCUT2D eigenvalue weighted by Gasteiger charge is 2.32. The lowest BCUT2D eigenvalue weighted by Gasteiger charge is -2.27. The summed E-state index contributed by atoms with van der Waals surface area (Å²) >= 11 is 0. The molecule has 0 fully saturated rings. The molecule has 0 spiro atoms. The largest absolute Gasteiger partial charge is 0.374 e. The van der Waals surface area contributed by atoms with Gasteiger partial charge in [0, 0.05) is 12.7 Å². The molecule has 186 valence electrons. The number of rotatable bonds is 11. The van der Waals surface area contributed by atoms with Crippen molar-refractivity contribution in [1.29, 1.82) is 0 Å². The van der Waals surface area contributed by atoms with E-state index in [0.717, 1.165) is 11.1 Å². The first-order valence-electron chi connectivity index (χ1n) is 11.2. The number of anilines is 1. The topological polar surface area (TPSA) is 114 Å². The lowest BCUT2D eigenvalue weighted by Crippen LogP contribution is -2.59. The first-order valence-corrected chi connectivity index (χ1v) is 11.2. The quantitative estimate of drug-likeness (QED) is 0.357. The van der Waals surface area contributed by atoms with Crippen LogP contribution >= 0.6 is 0 Å². The Morgan fingerprint density at radius 1 is 1.08 bits per heavy atom. The summed E-state index contributed by atoms with van der Waals surface area (Å²) < 4.78 is 20.5. The van der Waals surface area contributed by atoms with Crippen molar-refractivity contribution >= 4 is 31.3 Å². The minimum absolute atomic E-state index is 0.130. The van der Waals surface area contributed by atoms with Gasteiger partial charge in [0.25, 0.3) is 5.91 Å². The van der Waals surface area contributed by atoms with Gasteiger partial charge in [0.15, 0.2) is 11.6 Å². The van der Waals surface area contributed by atoms with Gasteiger partial charge in [-0.2, -0.15) is 0 Å². The Kier molecular flexibility index (Phi) is 8.96. The third kappa shape index (κ3) is 8.05. The number of nitrogens with one attached hydrogen (secondary N) is 3. The fourth-order valence-corrected chi connectivity index (χ4v) is 3.28. The van der Waals surface area contributed by atoms with Crippen LogP contribution in [0.5, 0.6) is 0 Å². The van der Waals surface area contributed by atoms with Crippen LogP contribution in [0.4, 0.5) is 15.0 Å². The van der Waals surface area contributed by atoms with E-state index in [1.54, 1.807) is 22.9 Å². The molecule has 0 saturated carbocycles. The number of hydrogen-bond donors (Lipinski definition) is 3. The van der Waals surface area contributed by atoms with Crippen LogP contribution in [0, 0.1) is 5.82 Å². The van der Waals surface area contributed by atoms with Gasteiger partial charge in [0.05, 0.1) is 19.5 Å². The summed E-state index contributed by atoms with van der Waals surface area (Å²) in [6.07, 6.45) is 3.14. The molecule has 3 amide bonds. The molecule has 11 heteroatoms. The van der Waals surface area contributed by atoms with E-state index < -0.39 is 29.2 Å². The number of amides is 3. The minimum atomic E-state index is -1.36. The number of aromatic nitrogens is 2. The van der Waals surface area contributed by atoms with Crippen molar-refractivity contribution in [3.63, 3.8) is 0 Å². The lowest BCUT2D eigenvalue weighted by molar-refractivity contribution is -0.131. The van der Waals surface area contributed by atoms with Gasteiger partial charge in [-0.05, 0) is 37.1 Å². The Balaban J connectivity index is 1.66. The summed E-state index contributed by atoms with van der Waals surface area (Å²) in [5.74, 6) is -2.11. The molecule has 2 radical (unpaired) electrons. The standard InChI is InChI=1S/C25H27BFN5O4/c1-25(2,31-24(26)35)23(34)29-20(15-36-14-18-6-4-3-5-7-18)22(33)30-21-13-32(16-28-21)12-17-8-10-19(27)11-9-17/h3-11,13,16,20H,12,14-15H2,1-2H3,(H,29,34)(H,30,33)(H,31,35)/t20-/m1/s1. The molecule has 3 N–H and O–H groups in total. The normalized spacial score (nSPS) is 12.0. The average molecular weight is 491 g/mol. The Hall–Kier alpha value is -3.99. The van der Waals surface area contributed by atoms with Crippen LogP contribution in [0.3, 0.4) is 0 Å². The highest BCUT2D eigenvalue weighted by molar-refractivity contribution is 6.57. The molecular weight excluding hydrogens is 464 g/mol. The number of benzene rings is 2. The van der Waals surface area contributed by atoms with E-state index in [2.05, 4.69) is 20.9 Å². The molecule has 1 atom stereocenters. The Morgan fingerprint density at radius 2 is 1.78 bits per heavy atom. The fourth-order valence-electron chi connectivity index (χ4n) is 3.28. The van der Waals surface area contributed by atoms with E-state index in [1.165, 1.54) is 32.3 Å².